The van der Waals surface area contributed by atoms with E-state index < -0.39 is 0 Å². The molecule has 0 N–H and O–H groups in total. The van der Waals surface area contributed by atoms with Crippen LogP contribution in [-0.2, 0) is 0 Å². The molecule has 0 spiro atoms. The zero-order valence-electron chi connectivity index (χ0n) is 82.9. The van der Waals surface area contributed by atoms with E-state index >= 15 is 0 Å². The van der Waals surface area contributed by atoms with E-state index in [1.54, 1.807) is 11.3 Å². The van der Waals surface area contributed by atoms with Crippen LogP contribution in [0.2, 0.25) is 0 Å². The minimum absolute atomic E-state index is 0. The number of rotatable bonds is 81. The molecule has 0 aliphatic rings. The topological polar surface area (TPSA) is 121 Å². The monoisotopic (exact) mass is 1760 g/mol. The van der Waals surface area contributed by atoms with Crippen LogP contribution < -0.4 is 28.4 Å². The van der Waals surface area contributed by atoms with Crippen molar-refractivity contribution in [3.8, 4) is 34.8 Å². The van der Waals surface area contributed by atoms with Crippen molar-refractivity contribution in [1.29, 1.82) is 0 Å². The van der Waals surface area contributed by atoms with Gasteiger partial charge in [-0.3, -0.25) is 0 Å². The van der Waals surface area contributed by atoms with Crippen molar-refractivity contribution in [1.82, 2.24) is 0 Å². The molecular formula is C112H202O11S. The molecule has 6 rings (SSSR count). The lowest BCUT2D eigenvalue weighted by atomic mass is 10.0. The summed E-state index contributed by atoms with van der Waals surface area (Å²) in [5.74, 6) is 7.89. The first-order valence-corrected chi connectivity index (χ1v) is 53.4. The predicted molar refractivity (Wildman–Crippen MR) is 539 cm³/mol. The maximum atomic E-state index is 5.74. The highest BCUT2D eigenvalue weighted by Gasteiger charge is 2.07. The smallest absolute Gasteiger partial charge is 0.284 e. The Bertz CT molecular complexity index is 2890. The van der Waals surface area contributed by atoms with E-state index in [9.17, 15) is 0 Å². The second-order valence-electron chi connectivity index (χ2n) is 35.6. The number of thiophene rings is 1. The lowest BCUT2D eigenvalue weighted by molar-refractivity contribution is 0.232. The molecule has 0 aromatic carbocycles. The number of furan rings is 5. The third kappa shape index (κ3) is 85.0. The van der Waals surface area contributed by atoms with E-state index in [1.165, 1.54) is 416 Å². The van der Waals surface area contributed by atoms with Crippen LogP contribution in [-0.4, -0.2) is 39.6 Å². The summed E-state index contributed by atoms with van der Waals surface area (Å²) in [6.45, 7) is 30.3. The average molecular weight is 1760 g/mol. The fourth-order valence-electron chi connectivity index (χ4n) is 15.1. The third-order valence-electron chi connectivity index (χ3n) is 23.0. The van der Waals surface area contributed by atoms with E-state index in [2.05, 4.69) is 60.6 Å². The lowest BCUT2D eigenvalue weighted by Crippen LogP contribution is -1.96. The Balaban J connectivity index is 0.00000147. The molecule has 6 aromatic rings. The van der Waals surface area contributed by atoms with Crippen molar-refractivity contribution in [3.05, 3.63) is 106 Å². The minimum Gasteiger partial charge on any atom is -0.484 e. The van der Waals surface area contributed by atoms with Gasteiger partial charge < -0.3 is 50.5 Å². The molecule has 0 unspecified atom stereocenters. The molecule has 0 aliphatic heterocycles. The third-order valence-corrected chi connectivity index (χ3v) is 23.9. The summed E-state index contributed by atoms with van der Waals surface area (Å²) in [4.78, 5) is 1.33. The standard InChI is InChI=1S/C23H42O2.C19H34O2.C19H34OS.C18H32O2.C17H30O2.C15H26O2.CH4/c1-3-4-5-6-7-8-9-10-11-12-13-14-15-16-17-18-21-24-23-20-19-22(2)25-23;2*1-3-4-5-6-7-8-9-10-11-12-13-14-17-20-19-16-15-18(2)21-19;1-3-4-5-6-7-8-9-10-11-12-13-16-19-18-15-14-17(2)20-18;1-3-4-5-6-7-8-9-10-11-12-15-18-17-14-13-16(2)19-17;1-3-4-5-6-7-8-9-10-13-16-15-12-11-14(2)17-15;/h19-20H,3-18,21H2,1-2H3;2*15-16H,3-14,17H2,1-2H3;14-15H,3-13,16H2,1-2H3;13-14H,3-12,15H2,1-2H3;11-12H,3-10,13H2,1-2H3;1H4. The number of ether oxygens (including phenoxy) is 6. The number of hydrogen-bond acceptors (Lipinski definition) is 12. The number of hydrogen-bond donors (Lipinski definition) is 0. The van der Waals surface area contributed by atoms with E-state index in [0.717, 1.165) is 106 Å². The maximum Gasteiger partial charge on any atom is 0.284 e. The van der Waals surface area contributed by atoms with Gasteiger partial charge in [-0.25, -0.2) is 0 Å². The number of unbranched alkanes of at least 4 members (excludes halogenated alkanes) is 63. The average Bonchev–Trinajstić information content (AvgIpc) is 1.84. The van der Waals surface area contributed by atoms with Crippen molar-refractivity contribution >= 4 is 11.3 Å². The fourth-order valence-corrected chi connectivity index (χ4v) is 15.8. The molecule has 0 fully saturated rings. The fraction of sp³-hybridized carbons (Fsp3) is 0.786. The van der Waals surface area contributed by atoms with Crippen molar-refractivity contribution < 1.29 is 50.5 Å². The molecule has 0 saturated heterocycles. The highest BCUT2D eigenvalue weighted by atomic mass is 32.1. The summed E-state index contributed by atoms with van der Waals surface area (Å²) in [7, 11) is 0. The first-order valence-electron chi connectivity index (χ1n) is 52.6. The van der Waals surface area contributed by atoms with Crippen LogP contribution in [0.25, 0.3) is 0 Å². The van der Waals surface area contributed by atoms with Crippen LogP contribution in [0.3, 0.4) is 0 Å². The van der Waals surface area contributed by atoms with Gasteiger partial charge in [-0.05, 0) is 123 Å². The second-order valence-corrected chi connectivity index (χ2v) is 36.8. The Morgan fingerprint density at radius 2 is 0.306 bits per heavy atom. The minimum atomic E-state index is 0. The Kier molecular flexibility index (Phi) is 91.6. The zero-order chi connectivity index (χ0) is 88.9. The van der Waals surface area contributed by atoms with E-state index in [1.807, 2.05) is 95.3 Å². The summed E-state index contributed by atoms with van der Waals surface area (Å²) in [6.07, 6.45) is 94.9. The van der Waals surface area contributed by atoms with E-state index in [-0.39, 0.29) is 7.43 Å². The predicted octanol–water partition coefficient (Wildman–Crippen LogP) is 39.9. The quantitative estimate of drug-likeness (QED) is 0.0339. The van der Waals surface area contributed by atoms with Crippen LogP contribution >= 0.6 is 11.3 Å². The van der Waals surface area contributed by atoms with Crippen LogP contribution in [0, 0.1) is 41.5 Å². The first-order chi connectivity index (χ1) is 60.5. The van der Waals surface area contributed by atoms with Gasteiger partial charge in [0.2, 0.25) is 0 Å². The van der Waals surface area contributed by atoms with Gasteiger partial charge in [-0.1, -0.05) is 453 Å². The highest BCUT2D eigenvalue weighted by molar-refractivity contribution is 7.13. The summed E-state index contributed by atoms with van der Waals surface area (Å²) in [5.41, 5.74) is 0. The van der Waals surface area contributed by atoms with Gasteiger partial charge in [-0.15, -0.1) is 11.3 Å². The van der Waals surface area contributed by atoms with Gasteiger partial charge in [0.25, 0.3) is 29.7 Å². The van der Waals surface area contributed by atoms with Crippen LogP contribution in [0.15, 0.2) is 94.9 Å². The lowest BCUT2D eigenvalue weighted by Gasteiger charge is -2.04. The van der Waals surface area contributed by atoms with Gasteiger partial charge >= 0.3 is 0 Å². The van der Waals surface area contributed by atoms with Crippen LogP contribution in [0.5, 0.6) is 34.8 Å². The summed E-state index contributed by atoms with van der Waals surface area (Å²) in [6, 6.07) is 23.4. The first kappa shape index (κ1) is 119. The van der Waals surface area contributed by atoms with Crippen molar-refractivity contribution in [2.24, 2.45) is 0 Å². The molecule has 0 radical (unpaired) electrons. The highest BCUT2D eigenvalue weighted by Crippen LogP contribution is 2.26. The molecule has 722 valence electrons. The normalized spacial score (nSPS) is 10.8. The molecule has 11 nitrogen and oxygen atoms in total. The molecule has 0 atom stereocenters. The zero-order valence-corrected chi connectivity index (χ0v) is 83.7. The summed E-state index contributed by atoms with van der Waals surface area (Å²) < 4.78 is 60.3. The molecule has 6 heterocycles. The van der Waals surface area contributed by atoms with Crippen LogP contribution in [0.4, 0.5) is 0 Å². The molecular weight excluding hydrogens is 1550 g/mol. The SMILES string of the molecule is C.CCCCCCCCCCCCCCCCCCOc1ccc(C)o1.CCCCCCCCCCCCCCOc1ccc(C)o1.CCCCCCCCCCCCCCOc1ccc(C)s1.CCCCCCCCCCCCCOc1ccc(C)o1.CCCCCCCCCCCCOc1ccc(C)o1.CCCCCCCCCCOc1ccc(C)o1. The summed E-state index contributed by atoms with van der Waals surface area (Å²) in [5, 5.41) is 1.08. The van der Waals surface area contributed by atoms with Crippen molar-refractivity contribution in [3.63, 3.8) is 0 Å². The molecule has 6 aromatic heterocycles. The molecule has 0 saturated carbocycles. The molecule has 124 heavy (non-hydrogen) atoms. The molecule has 0 amide bonds. The van der Waals surface area contributed by atoms with Crippen molar-refractivity contribution in [2.45, 2.75) is 534 Å². The Morgan fingerprint density at radius 3 is 0.427 bits per heavy atom. The molecule has 0 bridgehead atoms. The van der Waals surface area contributed by atoms with Crippen LogP contribution in [0.1, 0.15) is 526 Å². The second kappa shape index (κ2) is 95.5. The van der Waals surface area contributed by atoms with Gasteiger partial charge in [0.15, 0.2) is 5.06 Å². The van der Waals surface area contributed by atoms with Crippen molar-refractivity contribution in [2.75, 3.05) is 39.6 Å². The Morgan fingerprint density at radius 1 is 0.169 bits per heavy atom. The number of aryl methyl sites for hydroxylation is 6. The maximum absolute atomic E-state index is 5.74. The molecule has 12 heteroatoms. The van der Waals surface area contributed by atoms with Gasteiger partial charge in [0.1, 0.15) is 28.8 Å². The van der Waals surface area contributed by atoms with Gasteiger partial charge in [-0.2, -0.15) is 0 Å². The van der Waals surface area contributed by atoms with Gasteiger partial charge in [0.05, 0.1) is 39.6 Å². The largest absolute Gasteiger partial charge is 0.484 e. The Hall–Kier alpha value is -5.10. The van der Waals surface area contributed by atoms with E-state index in [4.69, 9.17) is 50.5 Å². The van der Waals surface area contributed by atoms with E-state index in [0.29, 0.717) is 29.7 Å². The summed E-state index contributed by atoms with van der Waals surface area (Å²) >= 11 is 1.75. The van der Waals surface area contributed by atoms with Gasteiger partial charge in [0, 0.05) is 35.2 Å². The Labute approximate surface area is 771 Å². The molecule has 0 aliphatic carbocycles.